The maximum Gasteiger partial charge on any atom is 0.341 e. The molecule has 0 aliphatic rings. The summed E-state index contributed by atoms with van der Waals surface area (Å²) < 4.78 is 5.01. The van der Waals surface area contributed by atoms with Crippen LogP contribution in [-0.2, 0) is 11.2 Å². The lowest BCUT2D eigenvalue weighted by molar-refractivity contribution is -0.139. The van der Waals surface area contributed by atoms with Crippen molar-refractivity contribution < 1.29 is 14.6 Å². The molecule has 0 heterocycles. The monoisotopic (exact) mass is 206 g/mol. The molecule has 0 amide bonds. The van der Waals surface area contributed by atoms with E-state index in [1.807, 2.05) is 25.1 Å². The Bertz CT molecular complexity index is 338. The van der Waals surface area contributed by atoms with E-state index >= 15 is 0 Å². The van der Waals surface area contributed by atoms with Gasteiger partial charge in [0.05, 0.1) is 0 Å². The van der Waals surface area contributed by atoms with Crippen LogP contribution in [0.1, 0.15) is 12.5 Å². The van der Waals surface area contributed by atoms with Gasteiger partial charge in [0, 0.05) is 0 Å². The van der Waals surface area contributed by atoms with E-state index in [9.17, 15) is 4.79 Å². The molecule has 0 unspecified atom stereocenters. The number of hydrogen-bond acceptors (Lipinski definition) is 2. The van der Waals surface area contributed by atoms with Gasteiger partial charge in [-0.2, -0.15) is 0 Å². The standard InChI is InChI=1S/C12H14O3/c1-2-3-4-10-5-7-11(8-6-10)15-9-12(13)14/h2-3,5-8H,4,9H2,1H3,(H,13,14)/b3-2+. The molecule has 3 heteroatoms. The second kappa shape index (κ2) is 5.86. The molecule has 1 aromatic carbocycles. The predicted molar refractivity (Wildman–Crippen MR) is 58.1 cm³/mol. The summed E-state index contributed by atoms with van der Waals surface area (Å²) in [5.41, 5.74) is 1.18. The first-order valence-corrected chi connectivity index (χ1v) is 4.77. The molecule has 0 atom stereocenters. The minimum Gasteiger partial charge on any atom is -0.482 e. The van der Waals surface area contributed by atoms with E-state index in [2.05, 4.69) is 6.08 Å². The molecule has 0 fully saturated rings. The Morgan fingerprint density at radius 3 is 2.60 bits per heavy atom. The molecule has 0 aliphatic heterocycles. The second-order valence-corrected chi connectivity index (χ2v) is 3.10. The van der Waals surface area contributed by atoms with Crippen molar-refractivity contribution in [2.45, 2.75) is 13.3 Å². The summed E-state index contributed by atoms with van der Waals surface area (Å²) in [5.74, 6) is -0.380. The van der Waals surface area contributed by atoms with Crippen molar-refractivity contribution >= 4 is 5.97 Å². The second-order valence-electron chi connectivity index (χ2n) is 3.10. The van der Waals surface area contributed by atoms with Crippen LogP contribution in [0.5, 0.6) is 5.75 Å². The van der Waals surface area contributed by atoms with Crippen molar-refractivity contribution in [3.63, 3.8) is 0 Å². The van der Waals surface area contributed by atoms with Crippen LogP contribution in [0.2, 0.25) is 0 Å². The molecule has 0 bridgehead atoms. The third-order valence-electron chi connectivity index (χ3n) is 1.87. The molecule has 15 heavy (non-hydrogen) atoms. The van der Waals surface area contributed by atoms with Crippen molar-refractivity contribution in [1.29, 1.82) is 0 Å². The van der Waals surface area contributed by atoms with Gasteiger partial charge in [-0.25, -0.2) is 4.79 Å². The Balaban J connectivity index is 2.52. The number of carbonyl (C=O) groups is 1. The van der Waals surface area contributed by atoms with E-state index < -0.39 is 5.97 Å². The van der Waals surface area contributed by atoms with Gasteiger partial charge in [-0.15, -0.1) is 0 Å². The van der Waals surface area contributed by atoms with Gasteiger partial charge in [0.15, 0.2) is 6.61 Å². The Kier molecular flexibility index (Phi) is 4.41. The number of benzene rings is 1. The van der Waals surface area contributed by atoms with Crippen LogP contribution in [-0.4, -0.2) is 17.7 Å². The quantitative estimate of drug-likeness (QED) is 0.752. The first kappa shape index (κ1) is 11.3. The Hall–Kier alpha value is -1.77. The number of carboxylic acids is 1. The number of aliphatic carboxylic acids is 1. The number of allylic oxidation sites excluding steroid dienone is 2. The molecular weight excluding hydrogens is 192 g/mol. The highest BCUT2D eigenvalue weighted by Gasteiger charge is 1.98. The number of carboxylic acid groups (broad SMARTS) is 1. The van der Waals surface area contributed by atoms with Crippen LogP contribution in [0.25, 0.3) is 0 Å². The van der Waals surface area contributed by atoms with E-state index in [4.69, 9.17) is 9.84 Å². The molecule has 0 aromatic heterocycles. The van der Waals surface area contributed by atoms with Gasteiger partial charge in [0.25, 0.3) is 0 Å². The van der Waals surface area contributed by atoms with Crippen LogP contribution in [0, 0.1) is 0 Å². The molecular formula is C12H14O3. The zero-order valence-electron chi connectivity index (χ0n) is 8.64. The van der Waals surface area contributed by atoms with Gasteiger partial charge in [-0.05, 0) is 31.0 Å². The van der Waals surface area contributed by atoms with Gasteiger partial charge >= 0.3 is 5.97 Å². The Morgan fingerprint density at radius 2 is 2.07 bits per heavy atom. The molecule has 80 valence electrons. The molecule has 1 N–H and O–H groups in total. The van der Waals surface area contributed by atoms with Crippen LogP contribution < -0.4 is 4.74 Å². The van der Waals surface area contributed by atoms with Crippen molar-refractivity contribution in [3.8, 4) is 5.75 Å². The lowest BCUT2D eigenvalue weighted by atomic mass is 10.1. The molecule has 1 rings (SSSR count). The van der Waals surface area contributed by atoms with Gasteiger partial charge in [-0.1, -0.05) is 24.3 Å². The summed E-state index contributed by atoms with van der Waals surface area (Å²) in [4.78, 5) is 10.2. The summed E-state index contributed by atoms with van der Waals surface area (Å²) in [7, 11) is 0. The largest absolute Gasteiger partial charge is 0.482 e. The minimum absolute atomic E-state index is 0.297. The van der Waals surface area contributed by atoms with Gasteiger partial charge in [0.2, 0.25) is 0 Å². The molecule has 3 nitrogen and oxygen atoms in total. The first-order valence-electron chi connectivity index (χ1n) is 4.77. The third-order valence-corrected chi connectivity index (χ3v) is 1.87. The molecule has 0 saturated heterocycles. The fourth-order valence-corrected chi connectivity index (χ4v) is 1.12. The van der Waals surface area contributed by atoms with Crippen LogP contribution in [0.3, 0.4) is 0 Å². The maximum atomic E-state index is 10.2. The van der Waals surface area contributed by atoms with E-state index in [0.29, 0.717) is 5.75 Å². The lowest BCUT2D eigenvalue weighted by Crippen LogP contribution is -2.09. The van der Waals surface area contributed by atoms with Crippen molar-refractivity contribution in [3.05, 3.63) is 42.0 Å². The normalized spacial score (nSPS) is 10.5. The fourth-order valence-electron chi connectivity index (χ4n) is 1.12. The number of rotatable bonds is 5. The van der Waals surface area contributed by atoms with Crippen LogP contribution >= 0.6 is 0 Å². The fraction of sp³-hybridized carbons (Fsp3) is 0.250. The average molecular weight is 206 g/mol. The minimum atomic E-state index is -0.965. The lowest BCUT2D eigenvalue weighted by Gasteiger charge is -2.03. The van der Waals surface area contributed by atoms with Gasteiger partial charge in [0.1, 0.15) is 5.75 Å². The summed E-state index contributed by atoms with van der Waals surface area (Å²) in [6.07, 6.45) is 4.94. The van der Waals surface area contributed by atoms with Crippen molar-refractivity contribution in [2.24, 2.45) is 0 Å². The zero-order chi connectivity index (χ0) is 11.1. The molecule has 0 aliphatic carbocycles. The van der Waals surface area contributed by atoms with E-state index in [1.54, 1.807) is 12.1 Å². The highest BCUT2D eigenvalue weighted by atomic mass is 16.5. The predicted octanol–water partition coefficient (Wildman–Crippen LogP) is 2.27. The summed E-state index contributed by atoms with van der Waals surface area (Å²) in [6, 6.07) is 7.41. The first-order chi connectivity index (χ1) is 7.22. The Labute approximate surface area is 89.0 Å². The van der Waals surface area contributed by atoms with E-state index in [-0.39, 0.29) is 6.61 Å². The topological polar surface area (TPSA) is 46.5 Å². The SMILES string of the molecule is C/C=C/Cc1ccc(OCC(=O)O)cc1. The maximum absolute atomic E-state index is 10.2. The molecule has 0 saturated carbocycles. The number of ether oxygens (including phenoxy) is 1. The van der Waals surface area contributed by atoms with Gasteiger partial charge in [-0.3, -0.25) is 0 Å². The zero-order valence-corrected chi connectivity index (χ0v) is 8.64. The van der Waals surface area contributed by atoms with Crippen LogP contribution in [0.15, 0.2) is 36.4 Å². The highest BCUT2D eigenvalue weighted by Crippen LogP contribution is 2.12. The Morgan fingerprint density at radius 1 is 1.40 bits per heavy atom. The summed E-state index contributed by atoms with van der Waals surface area (Å²) in [6.45, 7) is 1.68. The molecule has 1 aromatic rings. The third kappa shape index (κ3) is 4.31. The van der Waals surface area contributed by atoms with Crippen LogP contribution in [0.4, 0.5) is 0 Å². The average Bonchev–Trinajstić information content (AvgIpc) is 2.25. The summed E-state index contributed by atoms with van der Waals surface area (Å²) in [5, 5.41) is 8.41. The highest BCUT2D eigenvalue weighted by molar-refractivity contribution is 5.68. The van der Waals surface area contributed by atoms with Crippen molar-refractivity contribution in [2.75, 3.05) is 6.61 Å². The van der Waals surface area contributed by atoms with Crippen molar-refractivity contribution in [1.82, 2.24) is 0 Å². The van der Waals surface area contributed by atoms with E-state index in [0.717, 1.165) is 6.42 Å². The van der Waals surface area contributed by atoms with E-state index in [1.165, 1.54) is 5.56 Å². The molecule has 0 spiro atoms. The summed E-state index contributed by atoms with van der Waals surface area (Å²) >= 11 is 0. The smallest absolute Gasteiger partial charge is 0.341 e. The van der Waals surface area contributed by atoms with Gasteiger partial charge < -0.3 is 9.84 Å². The molecule has 0 radical (unpaired) electrons. The number of hydrogen-bond donors (Lipinski definition) is 1.